The summed E-state index contributed by atoms with van der Waals surface area (Å²) in [5, 5.41) is 0. The molecule has 0 aromatic rings. The molecule has 1 unspecified atom stereocenters. The molecule has 0 radical (unpaired) electrons. The minimum absolute atomic E-state index is 0.0186. The highest BCUT2D eigenvalue weighted by Gasteiger charge is 2.03. The third-order valence-corrected chi connectivity index (χ3v) is 3.59. The minimum atomic E-state index is 0.0186. The number of allylic oxidation sites excluding steroid dienone is 8. The van der Waals surface area contributed by atoms with E-state index in [1.807, 2.05) is 0 Å². The Kier molecular flexibility index (Phi) is 11.4. The lowest BCUT2D eigenvalue weighted by atomic mass is 9.99. The van der Waals surface area contributed by atoms with Crippen LogP contribution in [0.2, 0.25) is 0 Å². The van der Waals surface area contributed by atoms with Gasteiger partial charge in [0.2, 0.25) is 0 Å². The van der Waals surface area contributed by atoms with Crippen molar-refractivity contribution in [2.75, 3.05) is 0 Å². The Hall–Kier alpha value is -1.37. The molecule has 0 amide bonds. The van der Waals surface area contributed by atoms with Crippen molar-refractivity contribution >= 4 is 6.29 Å². The molecule has 1 atom stereocenters. The first kappa shape index (κ1) is 20.6. The molecule has 0 bridgehead atoms. The lowest BCUT2D eigenvalue weighted by Gasteiger charge is -2.06. The smallest absolute Gasteiger partial charge is 0.127 e. The summed E-state index contributed by atoms with van der Waals surface area (Å²) in [6.45, 7) is 12.8. The summed E-state index contributed by atoms with van der Waals surface area (Å²) in [4.78, 5) is 11.2. The fraction of sp³-hybridized carbons (Fsp3) is 0.571. The normalized spacial score (nSPS) is 13.5. The summed E-state index contributed by atoms with van der Waals surface area (Å²) in [5.41, 5.74) is 5.41. The zero-order chi connectivity index (χ0) is 17.0. The van der Waals surface area contributed by atoms with Crippen molar-refractivity contribution in [2.45, 2.75) is 73.6 Å². The average Bonchev–Trinajstić information content (AvgIpc) is 2.42. The van der Waals surface area contributed by atoms with E-state index in [0.29, 0.717) is 0 Å². The summed E-state index contributed by atoms with van der Waals surface area (Å²) in [6.07, 6.45) is 15.0. The molecule has 0 N–H and O–H groups in total. The molecule has 22 heavy (non-hydrogen) atoms. The van der Waals surface area contributed by atoms with Crippen LogP contribution in [0.5, 0.6) is 0 Å². The lowest BCUT2D eigenvalue weighted by Crippen LogP contribution is -1.98. The molecule has 0 aliphatic rings. The minimum Gasteiger partial charge on any atom is -0.303 e. The lowest BCUT2D eigenvalue weighted by molar-refractivity contribution is -0.109. The fourth-order valence-corrected chi connectivity index (χ4v) is 2.23. The number of rotatable bonds is 10. The standard InChI is InChI=1S/C21H34O/c1-17(2)9-7-11-19(5)13-14-21(16-22)15-20(6)12-8-10-18(3)4/h9-10,13,15-16,21H,7-8,11-12,14H2,1-6H3/b19-13+,20-15+. The number of hydrogen-bond acceptors (Lipinski definition) is 1. The van der Waals surface area contributed by atoms with Crippen LogP contribution < -0.4 is 0 Å². The summed E-state index contributed by atoms with van der Waals surface area (Å²) in [5.74, 6) is 0.0186. The van der Waals surface area contributed by atoms with Crippen LogP contribution in [0.25, 0.3) is 0 Å². The quantitative estimate of drug-likeness (QED) is 0.329. The summed E-state index contributed by atoms with van der Waals surface area (Å²) >= 11 is 0. The van der Waals surface area contributed by atoms with Gasteiger partial charge in [0.05, 0.1) is 0 Å². The number of carbonyl (C=O) groups excluding carboxylic acids is 1. The Morgan fingerprint density at radius 1 is 0.773 bits per heavy atom. The van der Waals surface area contributed by atoms with E-state index in [-0.39, 0.29) is 5.92 Å². The molecule has 0 aromatic heterocycles. The predicted octanol–water partition coefficient (Wildman–Crippen LogP) is 6.58. The first-order chi connectivity index (χ1) is 10.3. The van der Waals surface area contributed by atoms with E-state index in [9.17, 15) is 4.79 Å². The van der Waals surface area contributed by atoms with Crippen LogP contribution >= 0.6 is 0 Å². The van der Waals surface area contributed by atoms with E-state index in [1.54, 1.807) is 0 Å². The molecule has 0 aliphatic heterocycles. The zero-order valence-corrected chi connectivity index (χ0v) is 15.4. The molecule has 1 nitrogen and oxygen atoms in total. The zero-order valence-electron chi connectivity index (χ0n) is 15.4. The van der Waals surface area contributed by atoms with Gasteiger partial charge in [-0.05, 0) is 73.6 Å². The molecule has 0 rings (SSSR count). The van der Waals surface area contributed by atoms with Crippen LogP contribution in [-0.2, 0) is 4.79 Å². The monoisotopic (exact) mass is 302 g/mol. The van der Waals surface area contributed by atoms with Crippen molar-refractivity contribution in [1.82, 2.24) is 0 Å². The maximum atomic E-state index is 11.2. The van der Waals surface area contributed by atoms with Gasteiger partial charge in [-0.15, -0.1) is 0 Å². The van der Waals surface area contributed by atoms with Crippen molar-refractivity contribution in [3.63, 3.8) is 0 Å². The maximum Gasteiger partial charge on any atom is 0.127 e. The van der Waals surface area contributed by atoms with Crippen LogP contribution in [0, 0.1) is 5.92 Å². The second-order valence-electron chi connectivity index (χ2n) is 6.74. The third kappa shape index (κ3) is 12.4. The maximum absolute atomic E-state index is 11.2. The molecule has 1 heteroatoms. The van der Waals surface area contributed by atoms with Crippen molar-refractivity contribution in [3.05, 3.63) is 46.6 Å². The molecule has 124 valence electrons. The van der Waals surface area contributed by atoms with E-state index in [0.717, 1.165) is 38.4 Å². The Morgan fingerprint density at radius 2 is 1.27 bits per heavy atom. The van der Waals surface area contributed by atoms with Crippen LogP contribution in [0.3, 0.4) is 0 Å². The summed E-state index contributed by atoms with van der Waals surface area (Å²) in [7, 11) is 0. The van der Waals surface area contributed by atoms with Crippen LogP contribution in [-0.4, -0.2) is 6.29 Å². The molecular weight excluding hydrogens is 268 g/mol. The van der Waals surface area contributed by atoms with Gasteiger partial charge in [0, 0.05) is 5.92 Å². The fourth-order valence-electron chi connectivity index (χ4n) is 2.23. The topological polar surface area (TPSA) is 17.1 Å². The van der Waals surface area contributed by atoms with Gasteiger partial charge in [0.15, 0.2) is 0 Å². The van der Waals surface area contributed by atoms with E-state index in [4.69, 9.17) is 0 Å². The molecule has 0 fully saturated rings. The van der Waals surface area contributed by atoms with Crippen molar-refractivity contribution in [1.29, 1.82) is 0 Å². The molecular formula is C21H34O. The molecule has 0 spiro atoms. The largest absolute Gasteiger partial charge is 0.303 e. The number of carbonyl (C=O) groups is 1. The van der Waals surface area contributed by atoms with Gasteiger partial charge in [-0.3, -0.25) is 0 Å². The highest BCUT2D eigenvalue weighted by atomic mass is 16.1. The molecule has 0 saturated carbocycles. The second kappa shape index (κ2) is 12.2. The highest BCUT2D eigenvalue weighted by Crippen LogP contribution is 2.15. The van der Waals surface area contributed by atoms with Crippen LogP contribution in [0.4, 0.5) is 0 Å². The Labute approximate surface area is 137 Å². The Morgan fingerprint density at radius 3 is 1.73 bits per heavy atom. The van der Waals surface area contributed by atoms with Crippen molar-refractivity contribution < 1.29 is 4.79 Å². The second-order valence-corrected chi connectivity index (χ2v) is 6.74. The van der Waals surface area contributed by atoms with Gasteiger partial charge in [0.1, 0.15) is 6.29 Å². The first-order valence-corrected chi connectivity index (χ1v) is 8.40. The van der Waals surface area contributed by atoms with E-state index in [1.165, 1.54) is 22.3 Å². The molecule has 0 saturated heterocycles. The van der Waals surface area contributed by atoms with Gasteiger partial charge >= 0.3 is 0 Å². The Balaban J connectivity index is 4.37. The van der Waals surface area contributed by atoms with Crippen molar-refractivity contribution in [2.24, 2.45) is 5.92 Å². The SMILES string of the molecule is CC(C)=CCC/C(C)=C/CC(C=O)/C=C(\C)CCC=C(C)C. The van der Waals surface area contributed by atoms with Gasteiger partial charge in [0.25, 0.3) is 0 Å². The van der Waals surface area contributed by atoms with Gasteiger partial charge in [-0.25, -0.2) is 0 Å². The Bertz CT molecular complexity index is 439. The highest BCUT2D eigenvalue weighted by molar-refractivity contribution is 5.57. The molecule has 0 aliphatic carbocycles. The summed E-state index contributed by atoms with van der Waals surface area (Å²) in [6, 6.07) is 0. The first-order valence-electron chi connectivity index (χ1n) is 8.40. The number of aldehydes is 1. The van der Waals surface area contributed by atoms with Crippen LogP contribution in [0.15, 0.2) is 46.6 Å². The van der Waals surface area contributed by atoms with E-state index in [2.05, 4.69) is 65.8 Å². The van der Waals surface area contributed by atoms with E-state index >= 15 is 0 Å². The van der Waals surface area contributed by atoms with Gasteiger partial charge in [-0.2, -0.15) is 0 Å². The predicted molar refractivity (Wildman–Crippen MR) is 99.0 cm³/mol. The van der Waals surface area contributed by atoms with E-state index < -0.39 is 0 Å². The van der Waals surface area contributed by atoms with Crippen molar-refractivity contribution in [3.8, 4) is 0 Å². The van der Waals surface area contributed by atoms with Gasteiger partial charge < -0.3 is 4.79 Å². The molecule has 0 heterocycles. The number of hydrogen-bond donors (Lipinski definition) is 0. The third-order valence-electron chi connectivity index (χ3n) is 3.59. The molecule has 0 aromatic carbocycles. The van der Waals surface area contributed by atoms with Gasteiger partial charge in [-0.1, -0.05) is 46.6 Å². The van der Waals surface area contributed by atoms with Crippen LogP contribution in [0.1, 0.15) is 73.6 Å². The summed E-state index contributed by atoms with van der Waals surface area (Å²) < 4.78 is 0. The average molecular weight is 303 g/mol.